The number of unbranched alkanes of at least 4 members (excludes halogenated alkanes) is 23. The average Bonchev–Trinajstić information content (AvgIpc) is 3.40. The van der Waals surface area contributed by atoms with Crippen molar-refractivity contribution in [3.8, 4) is 0 Å². The van der Waals surface area contributed by atoms with E-state index in [1.165, 1.54) is 89.9 Å². The second kappa shape index (κ2) is 61.4. The Balaban J connectivity index is 4.34. The van der Waals surface area contributed by atoms with Crippen molar-refractivity contribution in [1.29, 1.82) is 0 Å². The quantitative estimate of drug-likeness (QED) is 0.0261. The molecule has 0 aromatic rings. The molecule has 0 bridgehead atoms. The van der Waals surface area contributed by atoms with Crippen molar-refractivity contribution >= 4 is 17.9 Å². The summed E-state index contributed by atoms with van der Waals surface area (Å²) in [4.78, 5) is 38.2. The van der Waals surface area contributed by atoms with Crippen molar-refractivity contribution < 1.29 is 28.6 Å². The van der Waals surface area contributed by atoms with Gasteiger partial charge in [-0.3, -0.25) is 14.4 Å². The SMILES string of the molecule is CC/C=C\C/C=C\C/C=C\C/C=C\C/C=C\C/C=C\CCCCCCCCC(=O)OCC(COC(=O)CCCCCCCCCCCC)OC(=O)CCCCCCCCCC/C=C\C/C=C\C/C=C\C/C=C\CC. The molecule has 6 nitrogen and oxygen atoms in total. The summed E-state index contributed by atoms with van der Waals surface area (Å²) in [6.07, 6.45) is 84.8. The summed E-state index contributed by atoms with van der Waals surface area (Å²) in [6.45, 7) is 6.39. The third-order valence-corrected chi connectivity index (χ3v) is 12.7. The number of hydrogen-bond donors (Lipinski definition) is 0. The first-order valence-electron chi connectivity index (χ1n) is 30.5. The Hall–Kier alpha value is -4.19. The summed E-state index contributed by atoms with van der Waals surface area (Å²) < 4.78 is 16.9. The van der Waals surface area contributed by atoms with Crippen LogP contribution in [0.5, 0.6) is 0 Å². The summed E-state index contributed by atoms with van der Waals surface area (Å²) in [7, 11) is 0. The predicted molar refractivity (Wildman–Crippen MR) is 320 cm³/mol. The molecule has 0 radical (unpaired) electrons. The van der Waals surface area contributed by atoms with Crippen LogP contribution in [0.2, 0.25) is 0 Å². The Labute approximate surface area is 456 Å². The van der Waals surface area contributed by atoms with Crippen LogP contribution in [-0.2, 0) is 28.6 Å². The fourth-order valence-electron chi connectivity index (χ4n) is 8.20. The molecule has 0 fully saturated rings. The van der Waals surface area contributed by atoms with Crippen LogP contribution in [0.3, 0.4) is 0 Å². The largest absolute Gasteiger partial charge is 0.462 e. The molecular weight excluding hydrogens is 913 g/mol. The first-order valence-corrected chi connectivity index (χ1v) is 30.5. The number of ether oxygens (including phenoxy) is 3. The topological polar surface area (TPSA) is 78.9 Å². The first kappa shape index (κ1) is 69.8. The fraction of sp³-hybridized carbons (Fsp3) is 0.662. The van der Waals surface area contributed by atoms with Gasteiger partial charge in [-0.1, -0.05) is 264 Å². The minimum Gasteiger partial charge on any atom is -0.462 e. The lowest BCUT2D eigenvalue weighted by atomic mass is 10.1. The zero-order chi connectivity index (χ0) is 53.6. The fourth-order valence-corrected chi connectivity index (χ4v) is 8.20. The highest BCUT2D eigenvalue weighted by molar-refractivity contribution is 5.71. The van der Waals surface area contributed by atoms with Crippen LogP contribution < -0.4 is 0 Å². The van der Waals surface area contributed by atoms with Crippen molar-refractivity contribution in [1.82, 2.24) is 0 Å². The second-order valence-electron chi connectivity index (χ2n) is 19.9. The summed E-state index contributed by atoms with van der Waals surface area (Å²) in [5, 5.41) is 0. The van der Waals surface area contributed by atoms with Crippen molar-refractivity contribution in [3.63, 3.8) is 0 Å². The summed E-state index contributed by atoms with van der Waals surface area (Å²) in [6, 6.07) is 0. The van der Waals surface area contributed by atoms with E-state index in [2.05, 4.69) is 142 Å². The Morgan fingerprint density at radius 2 is 0.527 bits per heavy atom. The van der Waals surface area contributed by atoms with Crippen LogP contribution >= 0.6 is 0 Å². The van der Waals surface area contributed by atoms with Gasteiger partial charge in [0.25, 0.3) is 0 Å². The highest BCUT2D eigenvalue weighted by Gasteiger charge is 2.19. The smallest absolute Gasteiger partial charge is 0.306 e. The summed E-state index contributed by atoms with van der Waals surface area (Å²) in [5.74, 6) is -0.910. The predicted octanol–water partition coefficient (Wildman–Crippen LogP) is 20.8. The maximum atomic E-state index is 12.9. The highest BCUT2D eigenvalue weighted by atomic mass is 16.6. The molecule has 0 saturated carbocycles. The lowest BCUT2D eigenvalue weighted by Gasteiger charge is -2.18. The lowest BCUT2D eigenvalue weighted by molar-refractivity contribution is -0.167. The average molecular weight is 1030 g/mol. The van der Waals surface area contributed by atoms with Crippen molar-refractivity contribution in [2.75, 3.05) is 13.2 Å². The Kier molecular flexibility index (Phi) is 57.9. The Bertz CT molecular complexity index is 1550. The van der Waals surface area contributed by atoms with Crippen LogP contribution in [0, 0.1) is 0 Å². The van der Waals surface area contributed by atoms with Gasteiger partial charge in [0.1, 0.15) is 13.2 Å². The third-order valence-electron chi connectivity index (χ3n) is 12.7. The molecule has 0 heterocycles. The number of allylic oxidation sites excluding steroid dienone is 20. The normalized spacial score (nSPS) is 13.0. The van der Waals surface area contributed by atoms with Crippen LogP contribution in [-0.4, -0.2) is 37.2 Å². The van der Waals surface area contributed by atoms with E-state index in [1.807, 2.05) is 0 Å². The van der Waals surface area contributed by atoms with Crippen LogP contribution in [0.1, 0.15) is 271 Å². The molecular formula is C68H112O6. The number of rotatable bonds is 54. The molecule has 0 spiro atoms. The molecule has 0 aliphatic carbocycles. The molecule has 1 atom stereocenters. The van der Waals surface area contributed by atoms with Crippen LogP contribution in [0.4, 0.5) is 0 Å². The van der Waals surface area contributed by atoms with Crippen molar-refractivity contribution in [3.05, 3.63) is 122 Å². The van der Waals surface area contributed by atoms with Gasteiger partial charge in [-0.15, -0.1) is 0 Å². The van der Waals surface area contributed by atoms with E-state index in [0.29, 0.717) is 19.3 Å². The third kappa shape index (κ3) is 58.7. The minimum absolute atomic E-state index is 0.0868. The lowest BCUT2D eigenvalue weighted by Crippen LogP contribution is -2.30. The van der Waals surface area contributed by atoms with Crippen LogP contribution in [0.25, 0.3) is 0 Å². The monoisotopic (exact) mass is 1020 g/mol. The minimum atomic E-state index is -0.791. The van der Waals surface area contributed by atoms with E-state index in [9.17, 15) is 14.4 Å². The van der Waals surface area contributed by atoms with E-state index in [4.69, 9.17) is 14.2 Å². The van der Waals surface area contributed by atoms with Gasteiger partial charge in [-0.2, -0.15) is 0 Å². The molecule has 0 aliphatic rings. The summed E-state index contributed by atoms with van der Waals surface area (Å²) in [5.41, 5.74) is 0. The number of carbonyl (C=O) groups excluding carboxylic acids is 3. The summed E-state index contributed by atoms with van der Waals surface area (Å²) >= 11 is 0. The van der Waals surface area contributed by atoms with Gasteiger partial charge in [-0.25, -0.2) is 0 Å². The molecule has 74 heavy (non-hydrogen) atoms. The molecule has 0 aromatic heterocycles. The van der Waals surface area contributed by atoms with E-state index in [1.54, 1.807) is 0 Å². The molecule has 0 aromatic carbocycles. The van der Waals surface area contributed by atoms with E-state index in [-0.39, 0.29) is 31.1 Å². The van der Waals surface area contributed by atoms with Gasteiger partial charge in [0.05, 0.1) is 0 Å². The van der Waals surface area contributed by atoms with E-state index in [0.717, 1.165) is 141 Å². The van der Waals surface area contributed by atoms with E-state index >= 15 is 0 Å². The molecule has 0 aliphatic heterocycles. The maximum Gasteiger partial charge on any atom is 0.306 e. The first-order chi connectivity index (χ1) is 36.5. The van der Waals surface area contributed by atoms with Gasteiger partial charge in [-0.05, 0) is 109 Å². The standard InChI is InChI=1S/C68H112O6/c1-4-7-10-13-16-19-22-24-26-28-30-32-33-34-35-37-38-40-42-44-46-49-52-55-58-61-67(70)73-64-65(63-72-66(69)60-57-54-51-48-21-18-15-12-9-6-3)74-68(71)62-59-56-53-50-47-45-43-41-39-36-31-29-27-25-23-20-17-14-11-8-5-2/h7-8,10-11,16-17,19-20,24-27,30-32,34-36,38,40,65H,4-6,9,12-15,18,21-23,28-29,33,37,39,41-64H2,1-3H3/b10-7-,11-8-,19-16-,20-17-,26-24-,27-25-,32-30-,35-34-,36-31-,40-38-. The number of carbonyl (C=O) groups is 3. The Morgan fingerprint density at radius 1 is 0.284 bits per heavy atom. The van der Waals surface area contributed by atoms with Crippen molar-refractivity contribution in [2.45, 2.75) is 277 Å². The second-order valence-corrected chi connectivity index (χ2v) is 19.9. The zero-order valence-corrected chi connectivity index (χ0v) is 48.1. The van der Waals surface area contributed by atoms with E-state index < -0.39 is 6.10 Å². The number of hydrogen-bond acceptors (Lipinski definition) is 6. The molecule has 0 saturated heterocycles. The highest BCUT2D eigenvalue weighted by Crippen LogP contribution is 2.15. The van der Waals surface area contributed by atoms with Crippen molar-refractivity contribution in [2.24, 2.45) is 0 Å². The molecule has 0 amide bonds. The Morgan fingerprint density at radius 3 is 0.824 bits per heavy atom. The molecule has 0 rings (SSSR count). The molecule has 0 N–H and O–H groups in total. The van der Waals surface area contributed by atoms with Gasteiger partial charge < -0.3 is 14.2 Å². The van der Waals surface area contributed by atoms with Gasteiger partial charge in [0.15, 0.2) is 6.10 Å². The van der Waals surface area contributed by atoms with Crippen LogP contribution in [0.15, 0.2) is 122 Å². The van der Waals surface area contributed by atoms with Gasteiger partial charge in [0.2, 0.25) is 0 Å². The zero-order valence-electron chi connectivity index (χ0n) is 48.1. The van der Waals surface area contributed by atoms with Gasteiger partial charge >= 0.3 is 17.9 Å². The maximum absolute atomic E-state index is 12.9. The molecule has 6 heteroatoms. The molecule has 420 valence electrons. The van der Waals surface area contributed by atoms with Gasteiger partial charge in [0, 0.05) is 19.3 Å². The number of esters is 3. The molecule has 1 unspecified atom stereocenters.